The summed E-state index contributed by atoms with van der Waals surface area (Å²) in [6.07, 6.45) is -1.99. The van der Waals surface area contributed by atoms with Crippen molar-refractivity contribution in [2.75, 3.05) is 20.3 Å². The van der Waals surface area contributed by atoms with Gasteiger partial charge in [-0.05, 0) is 38.1 Å². The summed E-state index contributed by atoms with van der Waals surface area (Å²) in [5, 5.41) is 16.6. The van der Waals surface area contributed by atoms with Gasteiger partial charge in [-0.3, -0.25) is 33.5 Å². The fraction of sp³-hybridized carbons (Fsp3) is 0.625. The van der Waals surface area contributed by atoms with Crippen LogP contribution in [0.4, 0.5) is 0 Å². The maximum atomic E-state index is 12.5. The Kier molecular flexibility index (Phi) is 11.0. The van der Waals surface area contributed by atoms with Crippen molar-refractivity contribution in [3.8, 4) is 0 Å². The molecule has 2 aliphatic heterocycles. The number of aryl methyl sites for hydroxylation is 2. The second-order valence-corrected chi connectivity index (χ2v) is 13.6. The number of aliphatic hydroxyl groups is 1. The number of carbonyl (C=O) groups excluding carboxylic acids is 1. The summed E-state index contributed by atoms with van der Waals surface area (Å²) >= 11 is 5.76. The normalized spacial score (nSPS) is 26.6. The Balaban J connectivity index is 1.57. The first kappa shape index (κ1) is 34.4. The Hall–Kier alpha value is -3.45. The summed E-state index contributed by atoms with van der Waals surface area (Å²) in [6.45, 7) is -0.0414. The molecule has 8 atom stereocenters. The van der Waals surface area contributed by atoms with Crippen molar-refractivity contribution in [3.05, 3.63) is 75.6 Å². The summed E-state index contributed by atoms with van der Waals surface area (Å²) in [5.41, 5.74) is 7.12. The molecular weight excluding hydrogens is 639 g/mol. The van der Waals surface area contributed by atoms with Crippen LogP contribution in [0.2, 0.25) is 0 Å². The van der Waals surface area contributed by atoms with Gasteiger partial charge in [-0.15, -0.1) is 0 Å². The SMILES string of the molecule is COC(=O)[C@H](C)NP(=S)(OC[C@H]1O[C@@H](n2cc(C)c(=O)[nH]c2=O)C[C@@H]1N=[N+]=[N-])O[C@H]1C[C@H](n2cc(C)c(=O)[nH]c2=O)O[C@@H]1CO. The Labute approximate surface area is 259 Å². The molecule has 0 spiro atoms. The van der Waals surface area contributed by atoms with Crippen LogP contribution >= 0.6 is 6.64 Å². The third kappa shape index (κ3) is 7.86. The van der Waals surface area contributed by atoms with Crippen LogP contribution < -0.4 is 27.6 Å². The Morgan fingerprint density at radius 2 is 1.69 bits per heavy atom. The molecule has 0 bridgehead atoms. The van der Waals surface area contributed by atoms with E-state index in [0.29, 0.717) is 0 Å². The highest BCUT2D eigenvalue weighted by Crippen LogP contribution is 2.50. The quantitative estimate of drug-likeness (QED) is 0.0745. The molecule has 0 amide bonds. The van der Waals surface area contributed by atoms with Crippen LogP contribution in [0.15, 0.2) is 36.7 Å². The number of hydrogen-bond acceptors (Lipinski definition) is 13. The fourth-order valence-electron chi connectivity index (χ4n) is 4.88. The highest BCUT2D eigenvalue weighted by molar-refractivity contribution is 8.09. The molecule has 2 aliphatic rings. The van der Waals surface area contributed by atoms with Crippen molar-refractivity contribution in [1.29, 1.82) is 0 Å². The van der Waals surface area contributed by atoms with Gasteiger partial charge >= 0.3 is 17.3 Å². The summed E-state index contributed by atoms with van der Waals surface area (Å²) in [5.74, 6) is -0.678. The number of carbonyl (C=O) groups is 1. The molecule has 0 aliphatic carbocycles. The summed E-state index contributed by atoms with van der Waals surface area (Å²) < 4.78 is 31.2. The van der Waals surface area contributed by atoms with E-state index in [-0.39, 0.29) is 30.6 Å². The van der Waals surface area contributed by atoms with Crippen LogP contribution in [-0.4, -0.2) is 80.9 Å². The van der Waals surface area contributed by atoms with Gasteiger partial charge in [-0.25, -0.2) is 14.7 Å². The number of aliphatic hydroxyl groups excluding tert-OH is 1. The molecule has 2 fully saturated rings. The zero-order chi connectivity index (χ0) is 33.1. The molecule has 4 heterocycles. The second kappa shape index (κ2) is 14.3. The molecule has 2 aromatic rings. The lowest BCUT2D eigenvalue weighted by atomic mass is 10.1. The van der Waals surface area contributed by atoms with Crippen molar-refractivity contribution in [2.24, 2.45) is 5.11 Å². The number of hydrogen-bond donors (Lipinski definition) is 4. The average Bonchev–Trinajstić information content (AvgIpc) is 3.58. The summed E-state index contributed by atoms with van der Waals surface area (Å²) in [6, 6.07) is -1.83. The standard InChI is InChI=1S/C24H33N8O11PS/c1-11-7-31(23(37)26-20(11)34)18-5-14(28-30-25)17(42-18)10-40-44(45,29-13(3)22(36)39-4)43-15-6-19(41-16(15)9-33)32-8-12(2)21(35)27-24(32)38/h7-8,13-19,33H,5-6,9-10H2,1-4H3,(H,29,45)(H,26,34,37)(H,27,35,38)/t13-,14-,15-,16+,17+,18+,19+,44?/m0/s1. The molecule has 21 heteroatoms. The lowest BCUT2D eigenvalue weighted by Gasteiger charge is -2.30. The molecule has 0 saturated carbocycles. The van der Waals surface area contributed by atoms with E-state index >= 15 is 0 Å². The predicted octanol–water partition coefficient (Wildman–Crippen LogP) is -0.273. The molecule has 45 heavy (non-hydrogen) atoms. The number of esters is 1. The smallest absolute Gasteiger partial charge is 0.330 e. The lowest BCUT2D eigenvalue weighted by molar-refractivity contribution is -0.142. The molecule has 1 unspecified atom stereocenters. The number of aromatic amines is 2. The van der Waals surface area contributed by atoms with Crippen molar-refractivity contribution in [3.63, 3.8) is 0 Å². The first-order chi connectivity index (χ1) is 21.3. The van der Waals surface area contributed by atoms with Crippen molar-refractivity contribution in [2.45, 2.75) is 76.5 Å². The molecule has 4 rings (SSSR count). The first-order valence-electron chi connectivity index (χ1n) is 13.7. The maximum Gasteiger partial charge on any atom is 0.330 e. The van der Waals surface area contributed by atoms with E-state index in [9.17, 15) is 29.1 Å². The van der Waals surface area contributed by atoms with E-state index in [4.69, 9.17) is 40.6 Å². The molecule has 0 radical (unpaired) electrons. The Morgan fingerprint density at radius 1 is 1.13 bits per heavy atom. The largest absolute Gasteiger partial charge is 0.468 e. The summed E-state index contributed by atoms with van der Waals surface area (Å²) in [4.78, 5) is 68.1. The van der Waals surface area contributed by atoms with Gasteiger partial charge in [-0.2, -0.15) is 0 Å². The van der Waals surface area contributed by atoms with Crippen LogP contribution in [0.3, 0.4) is 0 Å². The minimum absolute atomic E-state index is 0.00445. The van der Waals surface area contributed by atoms with Gasteiger partial charge in [0, 0.05) is 41.3 Å². The zero-order valence-electron chi connectivity index (χ0n) is 24.6. The topological polar surface area (TPSA) is 254 Å². The number of methoxy groups -OCH3 is 1. The monoisotopic (exact) mass is 672 g/mol. The van der Waals surface area contributed by atoms with E-state index in [0.717, 1.165) is 4.57 Å². The number of H-pyrrole nitrogens is 2. The van der Waals surface area contributed by atoms with E-state index in [1.165, 1.54) is 44.8 Å². The van der Waals surface area contributed by atoms with Gasteiger partial charge in [0.25, 0.3) is 17.8 Å². The van der Waals surface area contributed by atoms with Gasteiger partial charge in [0.1, 0.15) is 24.6 Å². The Bertz CT molecular complexity index is 1750. The van der Waals surface area contributed by atoms with Gasteiger partial charge in [0.05, 0.1) is 38.6 Å². The zero-order valence-corrected chi connectivity index (χ0v) is 26.4. The number of ether oxygens (including phenoxy) is 3. The fourth-order valence-corrected chi connectivity index (χ4v) is 7.57. The minimum Gasteiger partial charge on any atom is -0.468 e. The maximum absolute atomic E-state index is 12.5. The van der Waals surface area contributed by atoms with Gasteiger partial charge in [0.2, 0.25) is 0 Å². The van der Waals surface area contributed by atoms with E-state index in [2.05, 4.69) is 25.1 Å². The minimum atomic E-state index is -3.69. The number of nitrogens with zero attached hydrogens (tertiary/aromatic N) is 5. The van der Waals surface area contributed by atoms with Crippen molar-refractivity contribution in [1.82, 2.24) is 24.2 Å². The number of nitrogens with one attached hydrogen (secondary N) is 3. The van der Waals surface area contributed by atoms with E-state index < -0.39 is 84.6 Å². The van der Waals surface area contributed by atoms with Crippen LogP contribution in [0.5, 0.6) is 0 Å². The van der Waals surface area contributed by atoms with Crippen LogP contribution in [0, 0.1) is 13.8 Å². The molecule has 2 saturated heterocycles. The highest BCUT2D eigenvalue weighted by Gasteiger charge is 2.43. The highest BCUT2D eigenvalue weighted by atomic mass is 32.5. The third-order valence-electron chi connectivity index (χ3n) is 7.27. The summed E-state index contributed by atoms with van der Waals surface area (Å²) in [7, 11) is 1.18. The van der Waals surface area contributed by atoms with Crippen molar-refractivity contribution < 1.29 is 33.2 Å². The van der Waals surface area contributed by atoms with E-state index in [1.807, 2.05) is 0 Å². The molecule has 19 nitrogen and oxygen atoms in total. The molecule has 4 N–H and O–H groups in total. The molecular formula is C24H33N8O11PS. The number of azide groups is 1. The molecule has 246 valence electrons. The number of aromatic nitrogens is 4. The third-order valence-corrected chi connectivity index (χ3v) is 9.90. The van der Waals surface area contributed by atoms with Crippen LogP contribution in [0.1, 0.15) is 43.3 Å². The lowest BCUT2D eigenvalue weighted by Crippen LogP contribution is -2.37. The first-order valence-corrected chi connectivity index (χ1v) is 16.3. The van der Waals surface area contributed by atoms with Gasteiger partial charge in [-0.1, -0.05) is 5.11 Å². The second-order valence-electron chi connectivity index (χ2n) is 10.5. The molecule has 0 aromatic carbocycles. The van der Waals surface area contributed by atoms with Gasteiger partial charge < -0.3 is 28.4 Å². The van der Waals surface area contributed by atoms with Crippen molar-refractivity contribution >= 4 is 24.4 Å². The number of rotatable bonds is 12. The van der Waals surface area contributed by atoms with E-state index in [1.54, 1.807) is 0 Å². The van der Waals surface area contributed by atoms with Crippen LogP contribution in [0.25, 0.3) is 10.4 Å². The Morgan fingerprint density at radius 3 is 2.22 bits per heavy atom. The van der Waals surface area contributed by atoms with Crippen LogP contribution in [-0.2, 0) is 39.9 Å². The predicted molar refractivity (Wildman–Crippen MR) is 159 cm³/mol. The van der Waals surface area contributed by atoms with Gasteiger partial charge in [0.15, 0.2) is 0 Å². The molecule has 2 aromatic heterocycles. The average molecular weight is 673 g/mol.